The van der Waals surface area contributed by atoms with E-state index in [4.69, 9.17) is 11.6 Å². The van der Waals surface area contributed by atoms with E-state index in [2.05, 4.69) is 35.0 Å². The van der Waals surface area contributed by atoms with Gasteiger partial charge in [-0.05, 0) is 30.9 Å². The maximum atomic E-state index is 5.60. The van der Waals surface area contributed by atoms with Gasteiger partial charge in [0, 0.05) is 23.2 Å². The lowest BCUT2D eigenvalue weighted by Gasteiger charge is -1.87. The number of H-pyrrole nitrogens is 1. The van der Waals surface area contributed by atoms with Gasteiger partial charge < -0.3 is 4.98 Å². The minimum absolute atomic E-state index is 0.730. The molecule has 2 heteroatoms. The Kier molecular flexibility index (Phi) is 3.91. The number of hydrogen-bond acceptors (Lipinski definition) is 0. The van der Waals surface area contributed by atoms with Crippen molar-refractivity contribution in [2.45, 2.75) is 19.3 Å². The minimum atomic E-state index is 0.730. The van der Waals surface area contributed by atoms with Crippen molar-refractivity contribution in [2.75, 3.05) is 5.88 Å². The van der Waals surface area contributed by atoms with E-state index in [0.29, 0.717) is 0 Å². The fourth-order valence-electron chi connectivity index (χ4n) is 1.61. The molecule has 0 aliphatic carbocycles. The first-order chi connectivity index (χ1) is 7.90. The summed E-state index contributed by atoms with van der Waals surface area (Å²) in [5.74, 6) is 7.03. The van der Waals surface area contributed by atoms with Crippen LogP contribution in [-0.2, 0) is 0 Å². The van der Waals surface area contributed by atoms with Gasteiger partial charge in [0.1, 0.15) is 0 Å². The standard InChI is InChI=1S/C14H14ClN/c15-10-6-2-1-3-8-13-11-12-7-4-5-9-14(12)16-13/h4-5,7,9,11,16H,1-2,6,10H2. The molecule has 0 bridgehead atoms. The Morgan fingerprint density at radius 3 is 2.88 bits per heavy atom. The van der Waals surface area contributed by atoms with Crippen LogP contribution in [0.25, 0.3) is 10.9 Å². The van der Waals surface area contributed by atoms with E-state index in [1.165, 1.54) is 5.39 Å². The third-order valence-corrected chi connectivity index (χ3v) is 2.71. The highest BCUT2D eigenvalue weighted by Gasteiger charge is 1.95. The molecule has 1 heterocycles. The number of aromatic amines is 1. The van der Waals surface area contributed by atoms with Crippen LogP contribution < -0.4 is 0 Å². The van der Waals surface area contributed by atoms with Gasteiger partial charge in [0.25, 0.3) is 0 Å². The zero-order valence-electron chi connectivity index (χ0n) is 9.09. The molecule has 2 rings (SSSR count). The van der Waals surface area contributed by atoms with Gasteiger partial charge >= 0.3 is 0 Å². The van der Waals surface area contributed by atoms with Gasteiger partial charge in [0.05, 0.1) is 5.69 Å². The van der Waals surface area contributed by atoms with Crippen LogP contribution in [0.15, 0.2) is 30.3 Å². The lowest BCUT2D eigenvalue weighted by molar-refractivity contribution is 0.833. The number of para-hydroxylation sites is 1. The molecular weight excluding hydrogens is 218 g/mol. The summed E-state index contributed by atoms with van der Waals surface area (Å²) < 4.78 is 0. The van der Waals surface area contributed by atoms with Crippen molar-refractivity contribution in [3.05, 3.63) is 36.0 Å². The molecule has 0 aliphatic rings. The average Bonchev–Trinajstić information content (AvgIpc) is 2.71. The molecule has 2 aromatic rings. The summed E-state index contributed by atoms with van der Waals surface area (Å²) in [6.45, 7) is 0. The van der Waals surface area contributed by atoms with Crippen molar-refractivity contribution >= 4 is 22.5 Å². The van der Waals surface area contributed by atoms with Gasteiger partial charge in [-0.3, -0.25) is 0 Å². The second-order valence-electron chi connectivity index (χ2n) is 3.72. The smallest absolute Gasteiger partial charge is 0.0904 e. The van der Waals surface area contributed by atoms with E-state index >= 15 is 0 Å². The van der Waals surface area contributed by atoms with E-state index in [0.717, 1.165) is 36.4 Å². The summed E-state index contributed by atoms with van der Waals surface area (Å²) in [6, 6.07) is 10.3. The average molecular weight is 232 g/mol. The molecule has 1 aromatic heterocycles. The first-order valence-corrected chi connectivity index (χ1v) is 6.06. The van der Waals surface area contributed by atoms with Gasteiger partial charge in [-0.2, -0.15) is 0 Å². The zero-order valence-corrected chi connectivity index (χ0v) is 9.85. The number of rotatable bonds is 3. The van der Waals surface area contributed by atoms with Crippen LogP contribution in [0.1, 0.15) is 25.0 Å². The van der Waals surface area contributed by atoms with Crippen LogP contribution in [0, 0.1) is 11.8 Å². The summed E-state index contributed by atoms with van der Waals surface area (Å²) >= 11 is 5.60. The molecule has 1 aromatic carbocycles. The van der Waals surface area contributed by atoms with Crippen LogP contribution in [0.4, 0.5) is 0 Å². The van der Waals surface area contributed by atoms with Crippen molar-refractivity contribution in [2.24, 2.45) is 0 Å². The van der Waals surface area contributed by atoms with Gasteiger partial charge in [-0.15, -0.1) is 11.6 Å². The first-order valence-electron chi connectivity index (χ1n) is 5.53. The van der Waals surface area contributed by atoms with Crippen molar-refractivity contribution in [1.29, 1.82) is 0 Å². The fourth-order valence-corrected chi connectivity index (χ4v) is 1.80. The first kappa shape index (κ1) is 11.1. The summed E-state index contributed by atoms with van der Waals surface area (Å²) in [5, 5.41) is 1.22. The number of aromatic nitrogens is 1. The Labute approximate surface area is 101 Å². The predicted octanol–water partition coefficient (Wildman–Crippen LogP) is 3.93. The molecule has 1 nitrogen and oxygen atoms in total. The minimum Gasteiger partial charge on any atom is -0.348 e. The quantitative estimate of drug-likeness (QED) is 0.468. The molecule has 0 aliphatic heterocycles. The summed E-state index contributed by atoms with van der Waals surface area (Å²) in [6.07, 6.45) is 3.04. The second kappa shape index (κ2) is 5.63. The van der Waals surface area contributed by atoms with Gasteiger partial charge in [-0.25, -0.2) is 0 Å². The Balaban J connectivity index is 2.04. The predicted molar refractivity (Wildman–Crippen MR) is 69.7 cm³/mol. The molecule has 0 radical (unpaired) electrons. The van der Waals surface area contributed by atoms with Crippen LogP contribution in [0.5, 0.6) is 0 Å². The van der Waals surface area contributed by atoms with Crippen molar-refractivity contribution in [1.82, 2.24) is 4.98 Å². The third-order valence-electron chi connectivity index (χ3n) is 2.44. The van der Waals surface area contributed by atoms with Gasteiger partial charge in [-0.1, -0.05) is 24.1 Å². The monoisotopic (exact) mass is 231 g/mol. The molecule has 0 unspecified atom stereocenters. The molecular formula is C14H14ClN. The van der Waals surface area contributed by atoms with E-state index in [-0.39, 0.29) is 0 Å². The number of fused-ring (bicyclic) bond motifs is 1. The number of hydrogen-bond donors (Lipinski definition) is 1. The Bertz CT molecular complexity index is 483. The Morgan fingerprint density at radius 1 is 1.19 bits per heavy atom. The molecule has 16 heavy (non-hydrogen) atoms. The number of nitrogens with one attached hydrogen (secondary N) is 1. The Morgan fingerprint density at radius 2 is 2.06 bits per heavy atom. The van der Waals surface area contributed by atoms with Gasteiger partial charge in [0.15, 0.2) is 0 Å². The largest absolute Gasteiger partial charge is 0.348 e. The molecule has 0 saturated heterocycles. The molecule has 0 saturated carbocycles. The number of unbranched alkanes of at least 4 members (excludes halogenated alkanes) is 2. The highest BCUT2D eigenvalue weighted by molar-refractivity contribution is 6.17. The molecule has 0 spiro atoms. The van der Waals surface area contributed by atoms with Crippen LogP contribution in [0.2, 0.25) is 0 Å². The number of alkyl halides is 1. The van der Waals surface area contributed by atoms with E-state index < -0.39 is 0 Å². The maximum absolute atomic E-state index is 5.60. The lowest BCUT2D eigenvalue weighted by Crippen LogP contribution is -1.75. The Hall–Kier alpha value is -1.39. The number of halogens is 1. The fraction of sp³-hybridized carbons (Fsp3) is 0.286. The second-order valence-corrected chi connectivity index (χ2v) is 4.10. The molecule has 0 fully saturated rings. The summed E-state index contributed by atoms with van der Waals surface area (Å²) in [5.41, 5.74) is 2.14. The zero-order chi connectivity index (χ0) is 11.2. The van der Waals surface area contributed by atoms with Crippen LogP contribution >= 0.6 is 11.6 Å². The highest BCUT2D eigenvalue weighted by Crippen LogP contribution is 2.13. The molecule has 0 atom stereocenters. The SMILES string of the molecule is ClCCCCC#Cc1cc2ccccc2[nH]1. The van der Waals surface area contributed by atoms with E-state index in [9.17, 15) is 0 Å². The van der Waals surface area contributed by atoms with E-state index in [1.807, 2.05) is 12.1 Å². The topological polar surface area (TPSA) is 15.8 Å². The van der Waals surface area contributed by atoms with Crippen molar-refractivity contribution in [3.8, 4) is 11.8 Å². The highest BCUT2D eigenvalue weighted by atomic mass is 35.5. The van der Waals surface area contributed by atoms with Crippen molar-refractivity contribution in [3.63, 3.8) is 0 Å². The summed E-state index contributed by atoms with van der Waals surface area (Å²) in [4.78, 5) is 3.29. The van der Waals surface area contributed by atoms with Crippen LogP contribution in [0.3, 0.4) is 0 Å². The number of benzene rings is 1. The third kappa shape index (κ3) is 2.81. The molecule has 1 N–H and O–H groups in total. The molecule has 0 amide bonds. The van der Waals surface area contributed by atoms with Crippen LogP contribution in [-0.4, -0.2) is 10.9 Å². The maximum Gasteiger partial charge on any atom is 0.0904 e. The summed E-state index contributed by atoms with van der Waals surface area (Å²) in [7, 11) is 0. The van der Waals surface area contributed by atoms with Crippen molar-refractivity contribution < 1.29 is 0 Å². The lowest BCUT2D eigenvalue weighted by atomic mass is 10.2. The molecule has 82 valence electrons. The van der Waals surface area contributed by atoms with E-state index in [1.54, 1.807) is 0 Å². The normalized spacial score (nSPS) is 10.1. The van der Waals surface area contributed by atoms with Gasteiger partial charge in [0.2, 0.25) is 0 Å².